The molecule has 4 nitrogen and oxygen atoms in total. The zero-order valence-corrected chi connectivity index (χ0v) is 13.1. The van der Waals surface area contributed by atoms with Gasteiger partial charge in [0.15, 0.2) is 9.84 Å². The maximum absolute atomic E-state index is 12.3. The number of hydrogen-bond acceptors (Lipinski definition) is 4. The van der Waals surface area contributed by atoms with Crippen LogP contribution in [0.5, 0.6) is 0 Å². The van der Waals surface area contributed by atoms with E-state index in [-0.39, 0.29) is 5.75 Å². The van der Waals surface area contributed by atoms with Crippen molar-refractivity contribution in [1.82, 2.24) is 5.32 Å². The van der Waals surface area contributed by atoms with Gasteiger partial charge in [-0.25, -0.2) is 8.42 Å². The second-order valence-electron chi connectivity index (χ2n) is 5.21. The van der Waals surface area contributed by atoms with Gasteiger partial charge in [-0.3, -0.25) is 0 Å². The number of para-hydroxylation sites is 1. The van der Waals surface area contributed by atoms with Crippen LogP contribution in [0.25, 0.3) is 0 Å². The Bertz CT molecular complexity index is 537. The van der Waals surface area contributed by atoms with Gasteiger partial charge in [0.05, 0.1) is 16.3 Å². The molecule has 0 aliphatic carbocycles. The van der Waals surface area contributed by atoms with Gasteiger partial charge in [-0.15, -0.1) is 0 Å². The molecule has 0 spiro atoms. The molecule has 1 saturated heterocycles. The maximum Gasteiger partial charge on any atom is 0.180 e. The number of hydrogen-bond donors (Lipinski definition) is 1. The zero-order valence-electron chi connectivity index (χ0n) is 12.3. The number of nitrogens with zero attached hydrogens (tertiary/aromatic N) is 1. The SMILES string of the molecule is CCCN(c1ccccc1S(=O)(=O)CC)C1CCNC1. The Hall–Kier alpha value is -1.07. The summed E-state index contributed by atoms with van der Waals surface area (Å²) in [6.45, 7) is 6.66. The summed E-state index contributed by atoms with van der Waals surface area (Å²) in [5.41, 5.74) is 0.866. The first-order chi connectivity index (χ1) is 9.60. The van der Waals surface area contributed by atoms with Crippen LogP contribution in [0, 0.1) is 0 Å². The quantitative estimate of drug-likeness (QED) is 0.873. The van der Waals surface area contributed by atoms with Gasteiger partial charge in [0.25, 0.3) is 0 Å². The summed E-state index contributed by atoms with van der Waals surface area (Å²) in [5, 5.41) is 3.36. The van der Waals surface area contributed by atoms with Gasteiger partial charge in [0, 0.05) is 19.1 Å². The summed E-state index contributed by atoms with van der Waals surface area (Å²) in [7, 11) is -3.18. The number of nitrogens with one attached hydrogen (secondary N) is 1. The van der Waals surface area contributed by atoms with Crippen LogP contribution >= 0.6 is 0 Å². The minimum atomic E-state index is -3.18. The predicted molar refractivity (Wildman–Crippen MR) is 83.1 cm³/mol. The normalized spacial score (nSPS) is 19.2. The average molecular weight is 296 g/mol. The van der Waals surface area contributed by atoms with Crippen molar-refractivity contribution in [2.75, 3.05) is 30.3 Å². The fraction of sp³-hybridized carbons (Fsp3) is 0.600. The lowest BCUT2D eigenvalue weighted by atomic mass is 10.1. The Labute approximate surface area is 122 Å². The van der Waals surface area contributed by atoms with Crippen molar-refractivity contribution in [3.63, 3.8) is 0 Å². The molecule has 1 atom stereocenters. The molecule has 0 amide bonds. The van der Waals surface area contributed by atoms with Crippen LogP contribution in [0.15, 0.2) is 29.2 Å². The van der Waals surface area contributed by atoms with Crippen LogP contribution in [0.1, 0.15) is 26.7 Å². The lowest BCUT2D eigenvalue weighted by Gasteiger charge is -2.32. The molecule has 20 heavy (non-hydrogen) atoms. The topological polar surface area (TPSA) is 49.4 Å². The highest BCUT2D eigenvalue weighted by Crippen LogP contribution is 2.29. The van der Waals surface area contributed by atoms with Gasteiger partial charge in [0.2, 0.25) is 0 Å². The highest BCUT2D eigenvalue weighted by molar-refractivity contribution is 7.91. The molecule has 0 radical (unpaired) electrons. The van der Waals surface area contributed by atoms with E-state index in [0.29, 0.717) is 10.9 Å². The number of anilines is 1. The second kappa shape index (κ2) is 6.59. The lowest BCUT2D eigenvalue weighted by molar-refractivity contribution is 0.592. The summed E-state index contributed by atoms with van der Waals surface area (Å²) < 4.78 is 24.6. The zero-order chi connectivity index (χ0) is 14.6. The Morgan fingerprint density at radius 3 is 2.65 bits per heavy atom. The molecule has 5 heteroatoms. The Morgan fingerprint density at radius 2 is 2.05 bits per heavy atom. The molecule has 2 rings (SSSR count). The average Bonchev–Trinajstić information content (AvgIpc) is 2.98. The van der Waals surface area contributed by atoms with Crippen molar-refractivity contribution in [3.8, 4) is 0 Å². The molecule has 1 aliphatic heterocycles. The summed E-state index contributed by atoms with van der Waals surface area (Å²) in [4.78, 5) is 2.74. The third-order valence-corrected chi connectivity index (χ3v) is 5.60. The minimum absolute atomic E-state index is 0.146. The fourth-order valence-electron chi connectivity index (χ4n) is 2.76. The van der Waals surface area contributed by atoms with Crippen LogP contribution < -0.4 is 10.2 Å². The fourth-order valence-corrected chi connectivity index (χ4v) is 3.86. The van der Waals surface area contributed by atoms with E-state index in [1.807, 2.05) is 18.2 Å². The predicted octanol–water partition coefficient (Wildman–Crippen LogP) is 2.06. The summed E-state index contributed by atoms with van der Waals surface area (Å²) in [5.74, 6) is 0.146. The Morgan fingerprint density at radius 1 is 1.30 bits per heavy atom. The first-order valence-corrected chi connectivity index (χ1v) is 9.04. The second-order valence-corrected chi connectivity index (χ2v) is 7.46. The van der Waals surface area contributed by atoms with Gasteiger partial charge >= 0.3 is 0 Å². The van der Waals surface area contributed by atoms with Crippen LogP contribution in [-0.2, 0) is 9.84 Å². The van der Waals surface area contributed by atoms with Crippen LogP contribution in [-0.4, -0.2) is 39.8 Å². The van der Waals surface area contributed by atoms with Gasteiger partial charge in [-0.05, 0) is 31.5 Å². The molecule has 0 saturated carbocycles. The van der Waals surface area contributed by atoms with Gasteiger partial charge in [0.1, 0.15) is 0 Å². The number of sulfone groups is 1. The molecule has 1 aromatic rings. The van der Waals surface area contributed by atoms with Crippen LogP contribution in [0.3, 0.4) is 0 Å². The van der Waals surface area contributed by atoms with Crippen LogP contribution in [0.4, 0.5) is 5.69 Å². The number of rotatable bonds is 6. The third kappa shape index (κ3) is 3.15. The highest BCUT2D eigenvalue weighted by atomic mass is 32.2. The Kier molecular flexibility index (Phi) is 5.05. The largest absolute Gasteiger partial charge is 0.366 e. The van der Waals surface area contributed by atoms with Crippen molar-refractivity contribution in [2.45, 2.75) is 37.6 Å². The standard InChI is InChI=1S/C15H24N2O2S/c1-3-11-17(13-9-10-16-12-13)14-7-5-6-8-15(14)20(18,19)4-2/h5-8,13,16H,3-4,9-12H2,1-2H3. The van der Waals surface area contributed by atoms with Crippen molar-refractivity contribution in [1.29, 1.82) is 0 Å². The van der Waals surface area contributed by atoms with Gasteiger partial charge in [-0.2, -0.15) is 0 Å². The minimum Gasteiger partial charge on any atom is -0.366 e. The van der Waals surface area contributed by atoms with Gasteiger partial charge in [-0.1, -0.05) is 26.0 Å². The van der Waals surface area contributed by atoms with E-state index in [2.05, 4.69) is 17.1 Å². The van der Waals surface area contributed by atoms with Crippen molar-refractivity contribution in [3.05, 3.63) is 24.3 Å². The van der Waals surface area contributed by atoms with E-state index in [9.17, 15) is 8.42 Å². The summed E-state index contributed by atoms with van der Waals surface area (Å²) in [6.07, 6.45) is 2.08. The molecule has 1 heterocycles. The van der Waals surface area contributed by atoms with E-state index in [0.717, 1.165) is 38.2 Å². The smallest absolute Gasteiger partial charge is 0.180 e. The van der Waals surface area contributed by atoms with Crippen molar-refractivity contribution in [2.24, 2.45) is 0 Å². The third-order valence-electron chi connectivity index (χ3n) is 3.83. The monoisotopic (exact) mass is 296 g/mol. The van der Waals surface area contributed by atoms with E-state index < -0.39 is 9.84 Å². The lowest BCUT2D eigenvalue weighted by Crippen LogP contribution is -2.38. The molecule has 1 fully saturated rings. The molecule has 1 aliphatic rings. The first-order valence-electron chi connectivity index (χ1n) is 7.39. The van der Waals surface area contributed by atoms with Crippen molar-refractivity contribution >= 4 is 15.5 Å². The van der Waals surface area contributed by atoms with E-state index in [1.165, 1.54) is 0 Å². The van der Waals surface area contributed by atoms with Crippen molar-refractivity contribution < 1.29 is 8.42 Å². The molecule has 0 aromatic heterocycles. The van der Waals surface area contributed by atoms with E-state index >= 15 is 0 Å². The van der Waals surface area contributed by atoms with E-state index in [1.54, 1.807) is 13.0 Å². The maximum atomic E-state index is 12.3. The van der Waals surface area contributed by atoms with E-state index in [4.69, 9.17) is 0 Å². The molecule has 0 bridgehead atoms. The molecular formula is C15H24N2O2S. The van der Waals surface area contributed by atoms with Crippen LogP contribution in [0.2, 0.25) is 0 Å². The van der Waals surface area contributed by atoms with Gasteiger partial charge < -0.3 is 10.2 Å². The molecule has 1 N–H and O–H groups in total. The first kappa shape index (κ1) is 15.3. The molecular weight excluding hydrogens is 272 g/mol. The highest BCUT2D eigenvalue weighted by Gasteiger charge is 2.26. The summed E-state index contributed by atoms with van der Waals surface area (Å²) >= 11 is 0. The summed E-state index contributed by atoms with van der Waals surface area (Å²) in [6, 6.07) is 7.80. The number of benzene rings is 1. The molecule has 112 valence electrons. The molecule has 1 aromatic carbocycles. The molecule has 1 unspecified atom stereocenters. The Balaban J connectivity index is 2.42.